The van der Waals surface area contributed by atoms with Crippen molar-refractivity contribution in [2.24, 2.45) is 0 Å². The van der Waals surface area contributed by atoms with E-state index < -0.39 is 92.7 Å². The second-order valence-electron chi connectivity index (χ2n) is 15.5. The number of carbonyl (C=O) groups excluding carboxylic acids is 2. The van der Waals surface area contributed by atoms with Crippen LogP contribution in [0.5, 0.6) is 0 Å². The first kappa shape index (κ1) is 50.6. The quantitative estimate of drug-likeness (QED) is 0.0380. The highest BCUT2D eigenvalue weighted by molar-refractivity contribution is 5.70. The maximum Gasteiger partial charge on any atom is 0.306 e. The maximum atomic E-state index is 12.8. The zero-order chi connectivity index (χ0) is 41.1. The molecule has 0 radical (unpaired) electrons. The Morgan fingerprint density at radius 3 is 1.39 bits per heavy atom. The van der Waals surface area contributed by atoms with Gasteiger partial charge in [-0.15, -0.1) is 0 Å². The molecule has 2 aliphatic heterocycles. The van der Waals surface area contributed by atoms with Crippen LogP contribution in [-0.4, -0.2) is 142 Å². The molecular weight excluding hydrogens is 732 g/mol. The standard InChI is InChI=1S/C41H76O15/c1-3-5-7-9-11-13-15-17-19-21-23-32(43)51-26-29(54-33(44)24-22-20-18-16-14-12-10-8-6-4-2)27-52-40-39(50)37(48)35(46)31(56-40)28-53-41-38(49)36(47)34(45)30(25-42)55-41/h29-31,34-42,45-50H,3-28H2,1-2H3/t29-,30-,31-,34+,35+,36?,37?,38?,39?,40-,41-/m1/s1. The van der Waals surface area contributed by atoms with Crippen molar-refractivity contribution in [3.8, 4) is 0 Å². The molecule has 0 aliphatic carbocycles. The molecule has 2 aliphatic rings. The monoisotopic (exact) mass is 809 g/mol. The average Bonchev–Trinajstić information content (AvgIpc) is 3.19. The van der Waals surface area contributed by atoms with Crippen molar-refractivity contribution in [1.29, 1.82) is 0 Å². The molecule has 2 heterocycles. The number of aliphatic hydroxyl groups excluding tert-OH is 7. The van der Waals surface area contributed by atoms with Gasteiger partial charge in [0, 0.05) is 12.8 Å². The molecule has 4 unspecified atom stereocenters. The predicted molar refractivity (Wildman–Crippen MR) is 206 cm³/mol. The predicted octanol–water partition coefficient (Wildman–Crippen LogP) is 3.70. The molecular formula is C41H76O15. The van der Waals surface area contributed by atoms with Crippen LogP contribution in [0.15, 0.2) is 0 Å². The minimum atomic E-state index is -1.76. The van der Waals surface area contributed by atoms with Crippen molar-refractivity contribution >= 4 is 11.9 Å². The van der Waals surface area contributed by atoms with Crippen molar-refractivity contribution in [2.45, 2.75) is 223 Å². The highest BCUT2D eigenvalue weighted by atomic mass is 16.7. The highest BCUT2D eigenvalue weighted by Gasteiger charge is 2.47. The van der Waals surface area contributed by atoms with Crippen LogP contribution in [0.1, 0.15) is 155 Å². The van der Waals surface area contributed by atoms with Gasteiger partial charge in [0.15, 0.2) is 18.7 Å². The number of hydrogen-bond donors (Lipinski definition) is 7. The Morgan fingerprint density at radius 1 is 0.500 bits per heavy atom. The molecule has 15 heteroatoms. The summed E-state index contributed by atoms with van der Waals surface area (Å²) in [5.41, 5.74) is 0. The number of esters is 2. The largest absolute Gasteiger partial charge is 0.462 e. The summed E-state index contributed by atoms with van der Waals surface area (Å²) in [5, 5.41) is 71.6. The lowest BCUT2D eigenvalue weighted by Crippen LogP contribution is -2.61. The lowest BCUT2D eigenvalue weighted by Gasteiger charge is -2.42. The van der Waals surface area contributed by atoms with Gasteiger partial charge >= 0.3 is 11.9 Å². The molecule has 2 saturated heterocycles. The van der Waals surface area contributed by atoms with Crippen LogP contribution in [0.4, 0.5) is 0 Å². The van der Waals surface area contributed by atoms with Crippen molar-refractivity contribution in [3.63, 3.8) is 0 Å². The molecule has 0 spiro atoms. The van der Waals surface area contributed by atoms with E-state index in [4.69, 9.17) is 28.4 Å². The van der Waals surface area contributed by atoms with E-state index in [9.17, 15) is 45.3 Å². The fourth-order valence-corrected chi connectivity index (χ4v) is 6.92. The molecule has 0 aromatic heterocycles. The summed E-state index contributed by atoms with van der Waals surface area (Å²) < 4.78 is 33.3. The third kappa shape index (κ3) is 20.0. The van der Waals surface area contributed by atoms with Gasteiger partial charge in [-0.2, -0.15) is 0 Å². The molecule has 7 N–H and O–H groups in total. The van der Waals surface area contributed by atoms with Gasteiger partial charge in [0.1, 0.15) is 55.4 Å². The van der Waals surface area contributed by atoms with E-state index >= 15 is 0 Å². The number of aliphatic hydroxyl groups is 7. The van der Waals surface area contributed by atoms with Crippen LogP contribution < -0.4 is 0 Å². The molecule has 15 nitrogen and oxygen atoms in total. The van der Waals surface area contributed by atoms with Crippen LogP contribution in [0, 0.1) is 0 Å². The van der Waals surface area contributed by atoms with Crippen LogP contribution >= 0.6 is 0 Å². The zero-order valence-corrected chi connectivity index (χ0v) is 34.1. The lowest BCUT2D eigenvalue weighted by atomic mass is 9.98. The molecule has 0 amide bonds. The molecule has 11 atom stereocenters. The third-order valence-electron chi connectivity index (χ3n) is 10.6. The lowest BCUT2D eigenvalue weighted by molar-refractivity contribution is -0.332. The molecule has 0 aromatic carbocycles. The summed E-state index contributed by atoms with van der Waals surface area (Å²) in [5.74, 6) is -0.923. The van der Waals surface area contributed by atoms with E-state index in [0.717, 1.165) is 38.5 Å². The van der Waals surface area contributed by atoms with Crippen LogP contribution in [0.25, 0.3) is 0 Å². The Labute approximate surface area is 334 Å². The third-order valence-corrected chi connectivity index (χ3v) is 10.6. The summed E-state index contributed by atoms with van der Waals surface area (Å²) >= 11 is 0. The molecule has 0 aromatic rings. The van der Waals surface area contributed by atoms with Crippen molar-refractivity contribution in [3.05, 3.63) is 0 Å². The van der Waals surface area contributed by atoms with Gasteiger partial charge in [-0.1, -0.05) is 129 Å². The van der Waals surface area contributed by atoms with E-state index in [1.54, 1.807) is 0 Å². The average molecular weight is 809 g/mol. The summed E-state index contributed by atoms with van der Waals surface area (Å²) in [6.45, 7) is 2.54. The number of carbonyl (C=O) groups is 2. The van der Waals surface area contributed by atoms with Crippen molar-refractivity contribution in [2.75, 3.05) is 26.4 Å². The van der Waals surface area contributed by atoms with Gasteiger partial charge < -0.3 is 64.2 Å². The summed E-state index contributed by atoms with van der Waals surface area (Å²) in [4.78, 5) is 25.5. The molecule has 2 rings (SSSR count). The zero-order valence-electron chi connectivity index (χ0n) is 34.1. The Kier molecular flexibility index (Phi) is 27.6. The summed E-state index contributed by atoms with van der Waals surface area (Å²) in [6.07, 6.45) is 5.94. The maximum absolute atomic E-state index is 12.8. The molecule has 2 fully saturated rings. The Balaban J connectivity index is 1.88. The number of rotatable bonds is 32. The van der Waals surface area contributed by atoms with Gasteiger partial charge in [0.2, 0.25) is 0 Å². The molecule has 56 heavy (non-hydrogen) atoms. The Morgan fingerprint density at radius 2 is 0.911 bits per heavy atom. The van der Waals surface area contributed by atoms with E-state index in [1.165, 1.54) is 77.0 Å². The highest BCUT2D eigenvalue weighted by Crippen LogP contribution is 2.26. The normalized spacial score (nSPS) is 28.6. The minimum Gasteiger partial charge on any atom is -0.462 e. The Hall–Kier alpha value is -1.50. The first-order valence-corrected chi connectivity index (χ1v) is 21.6. The van der Waals surface area contributed by atoms with Gasteiger partial charge in [0.25, 0.3) is 0 Å². The van der Waals surface area contributed by atoms with Crippen molar-refractivity contribution < 1.29 is 73.8 Å². The number of ether oxygens (including phenoxy) is 6. The van der Waals surface area contributed by atoms with Crippen LogP contribution in [0.3, 0.4) is 0 Å². The minimum absolute atomic E-state index is 0.171. The number of unbranched alkanes of at least 4 members (excludes halogenated alkanes) is 18. The first-order valence-electron chi connectivity index (χ1n) is 21.6. The van der Waals surface area contributed by atoms with Crippen LogP contribution in [-0.2, 0) is 38.0 Å². The number of hydrogen-bond acceptors (Lipinski definition) is 15. The fraction of sp³-hybridized carbons (Fsp3) is 0.951. The smallest absolute Gasteiger partial charge is 0.306 e. The van der Waals surface area contributed by atoms with E-state index in [-0.39, 0.29) is 26.1 Å². The van der Waals surface area contributed by atoms with Gasteiger partial charge in [-0.25, -0.2) is 0 Å². The van der Waals surface area contributed by atoms with Gasteiger partial charge in [-0.3, -0.25) is 9.59 Å². The first-order chi connectivity index (χ1) is 27.0. The van der Waals surface area contributed by atoms with E-state index in [2.05, 4.69) is 13.8 Å². The Bertz CT molecular complexity index is 1000. The van der Waals surface area contributed by atoms with Crippen LogP contribution in [0.2, 0.25) is 0 Å². The summed E-state index contributed by atoms with van der Waals surface area (Å²) in [6, 6.07) is 0. The SMILES string of the molecule is CCCCCCCCCCCCC(=O)OC[C@H](CO[C@@H]1O[C@H](CO[C@@H]2O[C@H](CO)[C@H](O)C(O)C2O)[C@H](O)C(O)C1O)OC(=O)CCCCCCCCCCCC. The topological polar surface area (TPSA) is 231 Å². The molecule has 0 bridgehead atoms. The second-order valence-corrected chi connectivity index (χ2v) is 15.5. The second kappa shape index (κ2) is 30.5. The molecule has 0 saturated carbocycles. The molecule has 330 valence electrons. The van der Waals surface area contributed by atoms with Crippen molar-refractivity contribution in [1.82, 2.24) is 0 Å². The van der Waals surface area contributed by atoms with E-state index in [0.29, 0.717) is 12.8 Å². The fourth-order valence-electron chi connectivity index (χ4n) is 6.92. The van der Waals surface area contributed by atoms with Gasteiger partial charge in [0.05, 0.1) is 19.8 Å². The van der Waals surface area contributed by atoms with E-state index in [1.807, 2.05) is 0 Å². The summed E-state index contributed by atoms with van der Waals surface area (Å²) in [7, 11) is 0. The van der Waals surface area contributed by atoms with Gasteiger partial charge in [-0.05, 0) is 12.8 Å².